The number of nitrogens with one attached hydrogen (secondary N) is 1. The first kappa shape index (κ1) is 64.8. The number of halogens is 3. The number of benzene rings is 3. The second-order valence-corrected chi connectivity index (χ2v) is 18.2. The van der Waals surface area contributed by atoms with Crippen LogP contribution in [0.15, 0.2) is 72.8 Å². The molecule has 3 saturated heterocycles. The molecule has 27 nitrogen and oxygen atoms in total. The van der Waals surface area contributed by atoms with Crippen LogP contribution in [0, 0.1) is 0 Å². The van der Waals surface area contributed by atoms with Crippen LogP contribution in [0.3, 0.4) is 0 Å². The maximum absolute atomic E-state index is 12.9. The molecule has 0 aliphatic carbocycles. The van der Waals surface area contributed by atoms with Gasteiger partial charge in [-0.15, -0.1) is 15.3 Å². The molecule has 9 heterocycles. The van der Waals surface area contributed by atoms with E-state index in [2.05, 4.69) is 56.9 Å². The van der Waals surface area contributed by atoms with Crippen molar-refractivity contribution in [2.75, 3.05) is 40.5 Å². The van der Waals surface area contributed by atoms with Gasteiger partial charge in [0, 0.05) is 84.6 Å². The Labute approximate surface area is 582 Å². The van der Waals surface area contributed by atoms with Gasteiger partial charge in [-0.1, -0.05) is 53.0 Å². The van der Waals surface area contributed by atoms with Crippen LogP contribution < -0.4 is 149 Å². The van der Waals surface area contributed by atoms with Crippen molar-refractivity contribution in [2.45, 2.75) is 63.9 Å². The molecule has 3 amide bonds. The minimum atomic E-state index is -0.586. The summed E-state index contributed by atoms with van der Waals surface area (Å²) in [5, 5.41) is 57.7. The second kappa shape index (κ2) is 31.9. The molecule has 0 radical (unpaired) electrons. The van der Waals surface area contributed by atoms with E-state index in [0.717, 1.165) is 78.9 Å². The average Bonchev–Trinajstić information content (AvgIpc) is 4.34. The zero-order chi connectivity index (χ0) is 54.4. The molecule has 6 aromatic heterocycles. The summed E-state index contributed by atoms with van der Waals surface area (Å²) in [6, 6.07) is 20.9. The molecule has 406 valence electrons. The van der Waals surface area contributed by atoms with E-state index in [4.69, 9.17) is 68.7 Å². The summed E-state index contributed by atoms with van der Waals surface area (Å²) in [6.45, 7) is 3.09. The van der Waals surface area contributed by atoms with Crippen molar-refractivity contribution in [1.82, 2.24) is 75.7 Å². The van der Waals surface area contributed by atoms with E-state index in [1.54, 1.807) is 73.8 Å². The van der Waals surface area contributed by atoms with Crippen molar-refractivity contribution in [3.63, 3.8) is 0 Å². The molecule has 0 saturated carbocycles. The average molecular weight is 1390 g/mol. The van der Waals surface area contributed by atoms with Gasteiger partial charge >= 0.3 is 138 Å². The van der Waals surface area contributed by atoms with E-state index in [-0.39, 0.29) is 163 Å². The Morgan fingerprint density at radius 3 is 1.44 bits per heavy atom. The molecular weight excluding hydrogens is 1340 g/mol. The van der Waals surface area contributed by atoms with Crippen molar-refractivity contribution >= 4 is 109 Å². The predicted molar refractivity (Wildman–Crippen MR) is 271 cm³/mol. The number of hydroxylamine groups is 5. The van der Waals surface area contributed by atoms with Crippen molar-refractivity contribution in [1.29, 1.82) is 0 Å². The van der Waals surface area contributed by atoms with E-state index < -0.39 is 24.4 Å². The zero-order valence-electron chi connectivity index (χ0n) is 44.0. The largest absolute Gasteiger partial charge is 1.00 e. The van der Waals surface area contributed by atoms with Crippen LogP contribution in [0.4, 0.5) is 0 Å². The quantitative estimate of drug-likeness (QED) is 0.0824. The normalized spacial score (nSPS) is 15.6. The first-order valence-corrected chi connectivity index (χ1v) is 24.8. The number of hydrogen-bond acceptors (Lipinski definition) is 21. The van der Waals surface area contributed by atoms with Crippen LogP contribution in [0.1, 0.15) is 83.9 Å². The smallest absolute Gasteiger partial charge is 1.00 e. The molecule has 32 heteroatoms. The number of nitrogens with zero attached hydrogens (tertiary/aromatic N) is 14. The van der Waals surface area contributed by atoms with Crippen molar-refractivity contribution in [3.8, 4) is 0 Å². The summed E-state index contributed by atoms with van der Waals surface area (Å²) >= 11 is 18.0. The summed E-state index contributed by atoms with van der Waals surface area (Å²) in [5.41, 5.74) is 6.37. The van der Waals surface area contributed by atoms with Gasteiger partial charge in [0.1, 0.15) is 0 Å². The fraction of sp³-hybridized carbons (Fsp3) is 0.340. The summed E-state index contributed by atoms with van der Waals surface area (Å²) in [5.74, 6) is -1.36. The molecule has 79 heavy (non-hydrogen) atoms. The van der Waals surface area contributed by atoms with Gasteiger partial charge in [0.15, 0.2) is 29.5 Å². The number of pyridine rings is 3. The summed E-state index contributed by atoms with van der Waals surface area (Å²) in [7, 11) is 2.81. The fourth-order valence-electron chi connectivity index (χ4n) is 8.01. The Morgan fingerprint density at radius 1 is 0.646 bits per heavy atom. The van der Waals surface area contributed by atoms with Crippen molar-refractivity contribution in [3.05, 3.63) is 105 Å². The van der Waals surface area contributed by atoms with Gasteiger partial charge < -0.3 is 25.8 Å². The first-order chi connectivity index (χ1) is 37.3. The van der Waals surface area contributed by atoms with Crippen LogP contribution in [0.2, 0.25) is 15.1 Å². The minimum absolute atomic E-state index is 0. The summed E-state index contributed by atoms with van der Waals surface area (Å²) in [4.78, 5) is 59.5. The van der Waals surface area contributed by atoms with E-state index in [0.29, 0.717) is 61.3 Å². The first-order valence-electron chi connectivity index (χ1n) is 23.7. The van der Waals surface area contributed by atoms with E-state index in [1.807, 2.05) is 6.07 Å². The SMILES string of the molecule is C1CCOC1.CN(O)C(=O)c1cc2ccc(Cl)cc2n2nnnc12.CN(OC1CCCCO1)C(=O)c1cc2ccc(Cl)cc2n2nnnc12.O=C(NOC1CCCCO1)c1cc2ccc(Cl)cc2n2nnnc12.O=CO[O-].[Cs+].[Cs+].[H-]. The number of tetrazole rings is 3. The molecule has 9 aromatic rings. The van der Waals surface area contributed by atoms with Crippen LogP contribution in [-0.2, 0) is 33.6 Å². The molecule has 3 fully saturated rings. The zero-order valence-corrected chi connectivity index (χ0v) is 57.8. The van der Waals surface area contributed by atoms with Crippen LogP contribution in [0.25, 0.3) is 49.7 Å². The third kappa shape index (κ3) is 16.9. The standard InChI is InChI=1S/C16H16ClN5O3.C15H14ClN5O3.C11H8ClN5O2.C4H8O.CH2O3.2Cs.H/c1-21(25-14-4-2-3-7-24-14)16(23)12-8-10-5-6-11(17)9-13(10)22-15(12)18-19-20-22;16-10-5-4-9-7-11(14-17-19-20-21(14)12(9)8-10)15(22)18-24-13-3-1-2-6-23-13;1-16(19)11(18)8-4-6-2-3-7(12)5-9(6)17-10(8)13-14-15-17;1-2-4-5-3-1;2-1-4-3;;;/h5-6,8-9,14H,2-4,7H2,1H3;4-5,7-8,13H,1-3,6H2,(H,18,22);2-5,19H,1H3;1-4H2;1,3H;;;/q;;;;;2*+1;-1/p-1. The summed E-state index contributed by atoms with van der Waals surface area (Å²) < 4.78 is 20.3. The number of rotatable bonds is 8. The molecule has 2 N–H and O–H groups in total. The Bertz CT molecular complexity index is 3530. The number of aromatic nitrogens is 12. The minimum Gasteiger partial charge on any atom is -1.00 e. The molecule has 2 atom stereocenters. The van der Waals surface area contributed by atoms with E-state index in [9.17, 15) is 19.6 Å². The van der Waals surface area contributed by atoms with Gasteiger partial charge in [0.25, 0.3) is 24.2 Å². The molecule has 3 aromatic carbocycles. The maximum atomic E-state index is 12.9. The Balaban J connectivity index is 0.000000202. The van der Waals surface area contributed by atoms with Crippen LogP contribution in [0.5, 0.6) is 0 Å². The number of carbonyl (C=O) groups is 4. The molecule has 3 aliphatic rings. The number of ether oxygens (including phenoxy) is 3. The van der Waals surface area contributed by atoms with E-state index >= 15 is 0 Å². The fourth-order valence-corrected chi connectivity index (χ4v) is 8.51. The Morgan fingerprint density at radius 2 is 1.05 bits per heavy atom. The molecule has 2 unspecified atom stereocenters. The number of fused-ring (bicyclic) bond motifs is 9. The van der Waals surface area contributed by atoms with E-state index in [1.165, 1.54) is 38.5 Å². The Hall–Kier alpha value is -3.34. The third-order valence-corrected chi connectivity index (χ3v) is 12.4. The Kier molecular flexibility index (Phi) is 26.2. The van der Waals surface area contributed by atoms with Crippen molar-refractivity contribution in [2.24, 2.45) is 0 Å². The van der Waals surface area contributed by atoms with Gasteiger partial charge in [-0.2, -0.15) is 13.5 Å². The molecule has 3 aliphatic heterocycles. The van der Waals surface area contributed by atoms with Crippen LogP contribution >= 0.6 is 34.8 Å². The van der Waals surface area contributed by atoms with Crippen LogP contribution in [-0.4, -0.2) is 153 Å². The monoisotopic (exact) mass is 1390 g/mol. The van der Waals surface area contributed by atoms with Gasteiger partial charge in [-0.3, -0.25) is 24.4 Å². The predicted octanol–water partition coefficient (Wildman–Crippen LogP) is -0.676. The van der Waals surface area contributed by atoms with Gasteiger partial charge in [0.05, 0.1) is 33.2 Å². The number of carbonyl (C=O) groups excluding carboxylic acids is 4. The molecule has 0 bridgehead atoms. The summed E-state index contributed by atoms with van der Waals surface area (Å²) in [6.07, 6.45) is 7.28. The van der Waals surface area contributed by atoms with Gasteiger partial charge in [0.2, 0.25) is 0 Å². The van der Waals surface area contributed by atoms with Gasteiger partial charge in [-0.25, -0.2) is 25.3 Å². The number of amides is 3. The van der Waals surface area contributed by atoms with Gasteiger partial charge in [-0.05, 0) is 124 Å². The van der Waals surface area contributed by atoms with Crippen molar-refractivity contribution < 1.29 is 198 Å². The second-order valence-electron chi connectivity index (χ2n) is 16.9. The molecule has 0 spiro atoms. The topological polar surface area (TPSA) is 315 Å². The number of hydrogen-bond donors (Lipinski definition) is 2. The maximum Gasteiger partial charge on any atom is 1.00 e. The molecular formula is C47H48Cl3Cs2N15O12. The third-order valence-electron chi connectivity index (χ3n) is 11.7. The molecule has 12 rings (SSSR count).